The van der Waals surface area contributed by atoms with Crippen LogP contribution in [0.25, 0.3) is 11.4 Å². The van der Waals surface area contributed by atoms with Crippen molar-refractivity contribution in [3.8, 4) is 11.4 Å². The highest BCUT2D eigenvalue weighted by molar-refractivity contribution is 5.90. The zero-order valence-electron chi connectivity index (χ0n) is 13.3. The van der Waals surface area contributed by atoms with E-state index in [-0.39, 0.29) is 11.8 Å². The van der Waals surface area contributed by atoms with Crippen molar-refractivity contribution in [3.63, 3.8) is 0 Å². The van der Waals surface area contributed by atoms with Gasteiger partial charge in [-0.2, -0.15) is 4.98 Å². The molecular weight excluding hydrogens is 294 g/mol. The molecule has 0 spiro atoms. The number of anilines is 1. The molecule has 120 valence electrons. The molecule has 23 heavy (non-hydrogen) atoms. The van der Waals surface area contributed by atoms with Crippen molar-refractivity contribution in [1.82, 2.24) is 10.1 Å². The maximum atomic E-state index is 11.3. The Kier molecular flexibility index (Phi) is 4.23. The molecule has 1 N–H and O–H groups in total. The molecule has 3 rings (SSSR count). The number of carbonyl (C=O) groups is 2. The number of rotatable bonds is 3. The molecule has 1 aliphatic rings. The standard InChI is InChI=1S/C17H19N3O3/c1-10-3-4-13(9-15(10)18-11(2)21)16-19-17(23-20-16)12-5-7-14(22)8-6-12/h3-4,9,12H,5-8H2,1-2H3,(H,18,21). The number of hydrogen-bond donors (Lipinski definition) is 1. The first-order valence-electron chi connectivity index (χ1n) is 7.77. The minimum absolute atomic E-state index is 0.120. The molecule has 0 radical (unpaired) electrons. The summed E-state index contributed by atoms with van der Waals surface area (Å²) in [4.78, 5) is 27.1. The number of aromatic nitrogens is 2. The number of benzene rings is 1. The van der Waals surface area contributed by atoms with E-state index in [0.29, 0.717) is 30.3 Å². The monoisotopic (exact) mass is 313 g/mol. The summed E-state index contributed by atoms with van der Waals surface area (Å²) < 4.78 is 5.39. The Morgan fingerprint density at radius 1 is 1.30 bits per heavy atom. The van der Waals surface area contributed by atoms with Crippen LogP contribution >= 0.6 is 0 Å². The van der Waals surface area contributed by atoms with Crippen LogP contribution in [0, 0.1) is 6.92 Å². The molecule has 1 heterocycles. The lowest BCUT2D eigenvalue weighted by Crippen LogP contribution is -2.12. The van der Waals surface area contributed by atoms with Crippen molar-refractivity contribution in [3.05, 3.63) is 29.7 Å². The number of ketones is 1. The second-order valence-corrected chi connectivity index (χ2v) is 5.98. The zero-order valence-corrected chi connectivity index (χ0v) is 13.3. The van der Waals surface area contributed by atoms with Gasteiger partial charge >= 0.3 is 0 Å². The van der Waals surface area contributed by atoms with Gasteiger partial charge in [0.15, 0.2) is 0 Å². The van der Waals surface area contributed by atoms with Gasteiger partial charge in [-0.3, -0.25) is 9.59 Å². The van der Waals surface area contributed by atoms with Crippen LogP contribution in [0.5, 0.6) is 0 Å². The van der Waals surface area contributed by atoms with E-state index in [1.807, 2.05) is 25.1 Å². The Morgan fingerprint density at radius 3 is 2.74 bits per heavy atom. The van der Waals surface area contributed by atoms with Crippen LogP contribution in [-0.4, -0.2) is 21.8 Å². The minimum Gasteiger partial charge on any atom is -0.339 e. The minimum atomic E-state index is -0.120. The summed E-state index contributed by atoms with van der Waals surface area (Å²) in [6.07, 6.45) is 2.70. The van der Waals surface area contributed by atoms with Gasteiger partial charge in [-0.1, -0.05) is 17.3 Å². The van der Waals surface area contributed by atoms with Gasteiger partial charge in [0.25, 0.3) is 0 Å². The summed E-state index contributed by atoms with van der Waals surface area (Å²) in [5.41, 5.74) is 2.50. The smallest absolute Gasteiger partial charge is 0.230 e. The van der Waals surface area contributed by atoms with E-state index >= 15 is 0 Å². The summed E-state index contributed by atoms with van der Waals surface area (Å²) in [6.45, 7) is 3.40. The average Bonchev–Trinajstić information content (AvgIpc) is 2.99. The Hall–Kier alpha value is -2.50. The topological polar surface area (TPSA) is 85.1 Å². The third-order valence-corrected chi connectivity index (χ3v) is 4.14. The predicted octanol–water partition coefficient (Wildman–Crippen LogP) is 3.23. The Balaban J connectivity index is 1.82. The maximum absolute atomic E-state index is 11.3. The highest BCUT2D eigenvalue weighted by Gasteiger charge is 2.25. The molecule has 0 bridgehead atoms. The van der Waals surface area contributed by atoms with Crippen molar-refractivity contribution >= 4 is 17.4 Å². The molecule has 0 aliphatic heterocycles. The first kappa shape index (κ1) is 15.4. The Morgan fingerprint density at radius 2 is 2.04 bits per heavy atom. The van der Waals surface area contributed by atoms with Crippen LogP contribution in [0.4, 0.5) is 5.69 Å². The summed E-state index contributed by atoms with van der Waals surface area (Å²) in [7, 11) is 0. The molecule has 0 saturated heterocycles. The Labute approximate surface area is 134 Å². The number of carbonyl (C=O) groups excluding carboxylic acids is 2. The van der Waals surface area contributed by atoms with Crippen molar-refractivity contribution in [2.24, 2.45) is 0 Å². The lowest BCUT2D eigenvalue weighted by Gasteiger charge is -2.16. The van der Waals surface area contributed by atoms with Gasteiger partial charge in [-0.15, -0.1) is 0 Å². The van der Waals surface area contributed by atoms with E-state index in [1.165, 1.54) is 6.92 Å². The Bertz CT molecular complexity index is 741. The third-order valence-electron chi connectivity index (χ3n) is 4.14. The van der Waals surface area contributed by atoms with E-state index in [1.54, 1.807) is 0 Å². The number of amides is 1. The van der Waals surface area contributed by atoms with Crippen LogP contribution in [0.2, 0.25) is 0 Å². The molecule has 0 unspecified atom stereocenters. The van der Waals surface area contributed by atoms with Crippen LogP contribution in [0.1, 0.15) is 50.0 Å². The van der Waals surface area contributed by atoms with Crippen molar-refractivity contribution in [2.75, 3.05) is 5.32 Å². The zero-order chi connectivity index (χ0) is 16.4. The quantitative estimate of drug-likeness (QED) is 0.940. The van der Waals surface area contributed by atoms with Gasteiger partial charge in [0.05, 0.1) is 0 Å². The molecule has 1 amide bonds. The summed E-state index contributed by atoms with van der Waals surface area (Å²) >= 11 is 0. The molecular formula is C17H19N3O3. The van der Waals surface area contributed by atoms with E-state index in [4.69, 9.17) is 4.52 Å². The normalized spacial score (nSPS) is 15.7. The highest BCUT2D eigenvalue weighted by atomic mass is 16.5. The van der Waals surface area contributed by atoms with Crippen LogP contribution in [0.15, 0.2) is 22.7 Å². The van der Waals surface area contributed by atoms with E-state index in [2.05, 4.69) is 15.5 Å². The molecule has 6 nitrogen and oxygen atoms in total. The fraction of sp³-hybridized carbons (Fsp3) is 0.412. The molecule has 6 heteroatoms. The molecule has 2 aromatic rings. The number of nitrogens with one attached hydrogen (secondary N) is 1. The third kappa shape index (κ3) is 3.47. The fourth-order valence-corrected chi connectivity index (χ4v) is 2.79. The molecule has 1 fully saturated rings. The largest absolute Gasteiger partial charge is 0.339 e. The fourth-order valence-electron chi connectivity index (χ4n) is 2.79. The van der Waals surface area contributed by atoms with Gasteiger partial charge in [0.2, 0.25) is 17.6 Å². The second-order valence-electron chi connectivity index (χ2n) is 5.98. The highest BCUT2D eigenvalue weighted by Crippen LogP contribution is 2.31. The van der Waals surface area contributed by atoms with E-state index < -0.39 is 0 Å². The lowest BCUT2D eigenvalue weighted by molar-refractivity contribution is -0.120. The average molecular weight is 313 g/mol. The van der Waals surface area contributed by atoms with Gasteiger partial charge < -0.3 is 9.84 Å². The first-order chi connectivity index (χ1) is 11.0. The van der Waals surface area contributed by atoms with Gasteiger partial charge in [-0.25, -0.2) is 0 Å². The van der Waals surface area contributed by atoms with Crippen molar-refractivity contribution in [1.29, 1.82) is 0 Å². The summed E-state index contributed by atoms with van der Waals surface area (Å²) in [6, 6.07) is 5.66. The second kappa shape index (κ2) is 6.32. The number of aryl methyl sites for hydroxylation is 1. The van der Waals surface area contributed by atoms with Gasteiger partial charge in [0, 0.05) is 36.9 Å². The van der Waals surface area contributed by atoms with E-state index in [9.17, 15) is 9.59 Å². The predicted molar refractivity (Wildman–Crippen MR) is 85.0 cm³/mol. The van der Waals surface area contributed by atoms with Crippen LogP contribution in [0.3, 0.4) is 0 Å². The SMILES string of the molecule is CC(=O)Nc1cc(-c2noc(C3CCC(=O)CC3)n2)ccc1C. The lowest BCUT2D eigenvalue weighted by atomic mass is 9.88. The van der Waals surface area contributed by atoms with Gasteiger partial charge in [0.1, 0.15) is 5.78 Å². The molecule has 0 atom stereocenters. The van der Waals surface area contributed by atoms with Crippen molar-refractivity contribution < 1.29 is 14.1 Å². The number of Topliss-reactive ketones (excluding diaryl/α,β-unsaturated/α-hetero) is 1. The molecule has 1 aliphatic carbocycles. The number of hydrogen-bond acceptors (Lipinski definition) is 5. The van der Waals surface area contributed by atoms with E-state index in [0.717, 1.165) is 29.7 Å². The molecule has 1 aromatic heterocycles. The van der Waals surface area contributed by atoms with Crippen LogP contribution in [-0.2, 0) is 9.59 Å². The van der Waals surface area contributed by atoms with Gasteiger partial charge in [-0.05, 0) is 31.4 Å². The van der Waals surface area contributed by atoms with Crippen LogP contribution < -0.4 is 5.32 Å². The van der Waals surface area contributed by atoms with Crippen molar-refractivity contribution in [2.45, 2.75) is 45.4 Å². The molecule has 1 aromatic carbocycles. The molecule has 1 saturated carbocycles. The maximum Gasteiger partial charge on any atom is 0.230 e. The summed E-state index contributed by atoms with van der Waals surface area (Å²) in [5.74, 6) is 1.44. The summed E-state index contributed by atoms with van der Waals surface area (Å²) in [5, 5.41) is 6.84. The number of nitrogens with zero attached hydrogens (tertiary/aromatic N) is 2. The first-order valence-corrected chi connectivity index (χ1v) is 7.77.